The number of ether oxygens (including phenoxy) is 1. The molecule has 2 fully saturated rings. The van der Waals surface area contributed by atoms with Gasteiger partial charge in [0, 0.05) is 19.1 Å². The van der Waals surface area contributed by atoms with Gasteiger partial charge >= 0.3 is 0 Å². The minimum absolute atomic E-state index is 0.136. The molecule has 0 saturated carbocycles. The van der Waals surface area contributed by atoms with Crippen LogP contribution in [0.5, 0.6) is 5.75 Å². The third kappa shape index (κ3) is 2.91. The van der Waals surface area contributed by atoms with Crippen molar-refractivity contribution in [2.75, 3.05) is 26.7 Å². The molecule has 2 aliphatic heterocycles. The predicted octanol–water partition coefficient (Wildman–Crippen LogP) is 2.78. The van der Waals surface area contributed by atoms with E-state index in [9.17, 15) is 4.79 Å². The van der Waals surface area contributed by atoms with E-state index in [4.69, 9.17) is 9.15 Å². The maximum atomic E-state index is 12.5. The topological polar surface area (TPSA) is 54.7 Å². The Morgan fingerprint density at radius 3 is 2.96 bits per heavy atom. The van der Waals surface area contributed by atoms with E-state index in [2.05, 4.69) is 10.2 Å². The summed E-state index contributed by atoms with van der Waals surface area (Å²) < 4.78 is 11.1. The van der Waals surface area contributed by atoms with Crippen molar-refractivity contribution in [2.24, 2.45) is 5.92 Å². The number of piperidine rings is 1. The lowest BCUT2D eigenvalue weighted by Gasteiger charge is -2.30. The molecule has 0 radical (unpaired) electrons. The smallest absolute Gasteiger partial charge is 0.287 e. The van der Waals surface area contributed by atoms with E-state index in [-0.39, 0.29) is 11.9 Å². The Morgan fingerprint density at radius 1 is 1.25 bits per heavy atom. The van der Waals surface area contributed by atoms with Gasteiger partial charge in [0.1, 0.15) is 11.5 Å². The fourth-order valence-electron chi connectivity index (χ4n) is 3.87. The van der Waals surface area contributed by atoms with Crippen LogP contribution in [0.2, 0.25) is 0 Å². The number of hydrogen-bond acceptors (Lipinski definition) is 4. The van der Waals surface area contributed by atoms with Crippen molar-refractivity contribution in [1.82, 2.24) is 10.2 Å². The number of hydrogen-bond donors (Lipinski definition) is 1. The maximum Gasteiger partial charge on any atom is 0.287 e. The van der Waals surface area contributed by atoms with E-state index in [0.717, 1.165) is 36.7 Å². The molecule has 1 aromatic carbocycles. The normalized spacial score (nSPS) is 25.5. The summed E-state index contributed by atoms with van der Waals surface area (Å²) in [4.78, 5) is 14.9. The fraction of sp³-hybridized carbons (Fsp3) is 0.421. The van der Waals surface area contributed by atoms with Crippen LogP contribution in [-0.4, -0.2) is 43.6 Å². The Morgan fingerprint density at radius 2 is 2.12 bits per heavy atom. The largest absolute Gasteiger partial charge is 0.496 e. The molecule has 2 bridgehead atoms. The molecule has 126 valence electrons. The molecule has 3 heterocycles. The van der Waals surface area contributed by atoms with Crippen LogP contribution < -0.4 is 10.1 Å². The van der Waals surface area contributed by atoms with Crippen LogP contribution in [0.25, 0.3) is 11.3 Å². The van der Waals surface area contributed by atoms with Gasteiger partial charge in [-0.2, -0.15) is 0 Å². The Labute approximate surface area is 141 Å². The van der Waals surface area contributed by atoms with Crippen molar-refractivity contribution >= 4 is 5.91 Å². The molecule has 0 spiro atoms. The van der Waals surface area contributed by atoms with Gasteiger partial charge in [-0.3, -0.25) is 4.79 Å². The van der Waals surface area contributed by atoms with Crippen molar-refractivity contribution in [3.8, 4) is 17.1 Å². The van der Waals surface area contributed by atoms with Crippen LogP contribution >= 0.6 is 0 Å². The minimum atomic E-state index is -0.136. The third-order valence-electron chi connectivity index (χ3n) is 5.00. The summed E-state index contributed by atoms with van der Waals surface area (Å²) in [5.41, 5.74) is 0.848. The number of carbonyl (C=O) groups is 1. The molecule has 1 amide bonds. The second kappa shape index (κ2) is 6.32. The summed E-state index contributed by atoms with van der Waals surface area (Å²) in [5, 5.41) is 3.12. The zero-order valence-corrected chi connectivity index (χ0v) is 13.8. The van der Waals surface area contributed by atoms with Crippen molar-refractivity contribution in [1.29, 1.82) is 0 Å². The number of nitrogens with one attached hydrogen (secondary N) is 1. The van der Waals surface area contributed by atoms with Gasteiger partial charge < -0.3 is 19.4 Å². The van der Waals surface area contributed by atoms with Crippen molar-refractivity contribution in [2.45, 2.75) is 18.9 Å². The Bertz CT molecular complexity index is 728. The lowest BCUT2D eigenvalue weighted by atomic mass is 9.97. The molecule has 2 aromatic rings. The second-order valence-electron chi connectivity index (χ2n) is 6.68. The number of carbonyl (C=O) groups excluding carboxylic acids is 1. The molecule has 0 aliphatic carbocycles. The molecular weight excluding hydrogens is 304 g/mol. The van der Waals surface area contributed by atoms with E-state index < -0.39 is 0 Å². The van der Waals surface area contributed by atoms with Gasteiger partial charge in [0.15, 0.2) is 5.76 Å². The molecule has 4 rings (SSSR count). The van der Waals surface area contributed by atoms with E-state index in [1.165, 1.54) is 13.0 Å². The summed E-state index contributed by atoms with van der Waals surface area (Å²) in [7, 11) is 1.63. The Balaban J connectivity index is 1.47. The van der Waals surface area contributed by atoms with Crippen molar-refractivity contribution < 1.29 is 13.9 Å². The molecule has 1 N–H and O–H groups in total. The van der Waals surface area contributed by atoms with Gasteiger partial charge in [-0.1, -0.05) is 12.1 Å². The monoisotopic (exact) mass is 326 g/mol. The van der Waals surface area contributed by atoms with Gasteiger partial charge in [-0.15, -0.1) is 0 Å². The first-order valence-electron chi connectivity index (χ1n) is 8.49. The maximum absolute atomic E-state index is 12.5. The van der Waals surface area contributed by atoms with Crippen LogP contribution in [0, 0.1) is 5.92 Å². The van der Waals surface area contributed by atoms with Gasteiger partial charge in [0.25, 0.3) is 5.91 Å². The number of amides is 1. The molecule has 5 heteroatoms. The predicted molar refractivity (Wildman–Crippen MR) is 91.1 cm³/mol. The van der Waals surface area contributed by atoms with Crippen molar-refractivity contribution in [3.05, 3.63) is 42.2 Å². The molecular formula is C19H22N2O3. The first-order valence-corrected chi connectivity index (χ1v) is 8.49. The van der Waals surface area contributed by atoms with Crippen LogP contribution in [0.15, 0.2) is 40.8 Å². The zero-order valence-electron chi connectivity index (χ0n) is 13.8. The second-order valence-corrected chi connectivity index (χ2v) is 6.68. The van der Waals surface area contributed by atoms with Crippen LogP contribution in [-0.2, 0) is 0 Å². The number of methoxy groups -OCH3 is 1. The van der Waals surface area contributed by atoms with Crippen molar-refractivity contribution in [3.63, 3.8) is 0 Å². The summed E-state index contributed by atoms with van der Waals surface area (Å²) >= 11 is 0. The van der Waals surface area contributed by atoms with Crippen LogP contribution in [0.1, 0.15) is 23.4 Å². The van der Waals surface area contributed by atoms with Gasteiger partial charge in [0.05, 0.1) is 12.7 Å². The van der Waals surface area contributed by atoms with Gasteiger partial charge in [0.2, 0.25) is 0 Å². The lowest BCUT2D eigenvalue weighted by Crippen LogP contribution is -2.46. The molecule has 5 nitrogen and oxygen atoms in total. The first-order chi connectivity index (χ1) is 11.7. The summed E-state index contributed by atoms with van der Waals surface area (Å²) in [6, 6.07) is 11.4. The standard InChI is InChI=1S/C19H22N2O3/c1-23-16-5-3-2-4-15(16)17-6-7-18(24-17)19(22)20-14-10-13-8-9-21(11-13)12-14/h2-7,13-14H,8-12H2,1H3,(H,20,22)/t13-,14+/m1/s1. The highest BCUT2D eigenvalue weighted by Crippen LogP contribution is 2.31. The van der Waals surface area contributed by atoms with E-state index in [0.29, 0.717) is 11.5 Å². The minimum Gasteiger partial charge on any atom is -0.496 e. The molecule has 2 saturated heterocycles. The number of fused-ring (bicyclic) bond motifs is 2. The van der Waals surface area contributed by atoms with Crippen LogP contribution in [0.4, 0.5) is 0 Å². The highest BCUT2D eigenvalue weighted by Gasteiger charge is 2.33. The van der Waals surface area contributed by atoms with Crippen LogP contribution in [0.3, 0.4) is 0 Å². The van der Waals surface area contributed by atoms with Gasteiger partial charge in [-0.25, -0.2) is 0 Å². The molecule has 2 aliphatic rings. The number of furan rings is 1. The van der Waals surface area contributed by atoms with E-state index >= 15 is 0 Å². The van der Waals surface area contributed by atoms with E-state index in [1.54, 1.807) is 13.2 Å². The molecule has 24 heavy (non-hydrogen) atoms. The number of benzene rings is 1. The third-order valence-corrected chi connectivity index (χ3v) is 5.00. The lowest BCUT2D eigenvalue weighted by molar-refractivity contribution is 0.0882. The Kier molecular flexibility index (Phi) is 4.02. The number of rotatable bonds is 4. The molecule has 3 atom stereocenters. The molecule has 1 aromatic heterocycles. The summed E-state index contributed by atoms with van der Waals surface area (Å²) in [5.74, 6) is 2.32. The fourth-order valence-corrected chi connectivity index (χ4v) is 3.87. The highest BCUT2D eigenvalue weighted by atomic mass is 16.5. The van der Waals surface area contributed by atoms with Gasteiger partial charge in [-0.05, 0) is 49.6 Å². The zero-order chi connectivity index (χ0) is 16.5. The average molecular weight is 326 g/mol. The first kappa shape index (κ1) is 15.3. The summed E-state index contributed by atoms with van der Waals surface area (Å²) in [6.45, 7) is 3.29. The highest BCUT2D eigenvalue weighted by molar-refractivity contribution is 5.92. The quantitative estimate of drug-likeness (QED) is 0.939. The SMILES string of the molecule is COc1ccccc1-c1ccc(C(=O)N[C@H]2C[C@H]3CCN(C3)C2)o1. The van der Waals surface area contributed by atoms with E-state index in [1.807, 2.05) is 30.3 Å². The summed E-state index contributed by atoms with van der Waals surface area (Å²) in [6.07, 6.45) is 2.33. The molecule has 1 unspecified atom stereocenters. The number of para-hydroxylation sites is 1. The average Bonchev–Trinajstić information content (AvgIpc) is 3.22. The Hall–Kier alpha value is -2.27. The number of nitrogens with zero attached hydrogens (tertiary/aromatic N) is 1.